The summed E-state index contributed by atoms with van der Waals surface area (Å²) in [5.41, 5.74) is 1.36. The van der Waals surface area contributed by atoms with Gasteiger partial charge in [0.25, 0.3) is 0 Å². The number of aliphatic hydroxyl groups excluding tert-OH is 1. The van der Waals surface area contributed by atoms with Crippen molar-refractivity contribution in [3.63, 3.8) is 0 Å². The van der Waals surface area contributed by atoms with Crippen LogP contribution in [0.25, 0.3) is 0 Å². The number of aliphatic imine (C=N–C) groups is 1. The first kappa shape index (κ1) is 17.9. The van der Waals surface area contributed by atoms with Gasteiger partial charge in [0.05, 0.1) is 18.8 Å². The van der Waals surface area contributed by atoms with E-state index >= 15 is 0 Å². The Balaban J connectivity index is 2.00. The molecule has 0 amide bonds. The molecular formula is C18H23FN4O. The molecule has 128 valence electrons. The van der Waals surface area contributed by atoms with Crippen molar-refractivity contribution in [2.24, 2.45) is 4.99 Å². The predicted molar refractivity (Wildman–Crippen MR) is 93.3 cm³/mol. The van der Waals surface area contributed by atoms with Crippen molar-refractivity contribution in [1.29, 1.82) is 0 Å². The number of nitrogens with one attached hydrogen (secondary N) is 2. The molecule has 0 radical (unpaired) electrons. The molecule has 0 aliphatic carbocycles. The standard InChI is InChI=1S/C18H23FN4O/c1-2-20-18(23-12-17-16(19)9-6-10-21-17)22-11-15(13-24)14-7-4-3-5-8-14/h3-10,15,24H,2,11-13H2,1H3,(H2,20,22,23). The van der Waals surface area contributed by atoms with Crippen LogP contribution in [0.4, 0.5) is 4.39 Å². The van der Waals surface area contributed by atoms with Crippen LogP contribution in [0.2, 0.25) is 0 Å². The normalized spacial score (nSPS) is 12.7. The third kappa shape index (κ3) is 5.31. The van der Waals surface area contributed by atoms with Gasteiger partial charge in [-0.25, -0.2) is 9.38 Å². The minimum atomic E-state index is -0.366. The van der Waals surface area contributed by atoms with Crippen LogP contribution in [-0.2, 0) is 6.54 Å². The second kappa shape index (κ2) is 9.62. The second-order valence-corrected chi connectivity index (χ2v) is 5.30. The Labute approximate surface area is 141 Å². The second-order valence-electron chi connectivity index (χ2n) is 5.30. The number of pyridine rings is 1. The fourth-order valence-electron chi connectivity index (χ4n) is 2.26. The minimum absolute atomic E-state index is 0.0330. The summed E-state index contributed by atoms with van der Waals surface area (Å²) in [6, 6.07) is 12.7. The molecule has 0 fully saturated rings. The van der Waals surface area contributed by atoms with Gasteiger partial charge in [-0.05, 0) is 24.6 Å². The maximum Gasteiger partial charge on any atom is 0.191 e. The van der Waals surface area contributed by atoms with Crippen molar-refractivity contribution in [1.82, 2.24) is 15.6 Å². The van der Waals surface area contributed by atoms with Crippen LogP contribution in [0.15, 0.2) is 53.7 Å². The van der Waals surface area contributed by atoms with E-state index < -0.39 is 0 Å². The molecule has 0 aliphatic rings. The predicted octanol–water partition coefficient (Wildman–Crippen LogP) is 2.05. The van der Waals surface area contributed by atoms with Gasteiger partial charge in [-0.15, -0.1) is 0 Å². The summed E-state index contributed by atoms with van der Waals surface area (Å²) < 4.78 is 13.6. The molecule has 0 bridgehead atoms. The number of guanidine groups is 1. The largest absolute Gasteiger partial charge is 0.396 e. The Morgan fingerprint density at radius 2 is 2.00 bits per heavy atom. The van der Waals surface area contributed by atoms with E-state index in [1.165, 1.54) is 6.07 Å². The zero-order valence-corrected chi connectivity index (χ0v) is 13.7. The van der Waals surface area contributed by atoms with Crippen LogP contribution in [0.3, 0.4) is 0 Å². The molecule has 1 heterocycles. The van der Waals surface area contributed by atoms with Crippen molar-refractivity contribution < 1.29 is 9.50 Å². The highest BCUT2D eigenvalue weighted by Gasteiger charge is 2.11. The SMILES string of the molecule is CCNC(=NCc1ncccc1F)NCC(CO)c1ccccc1. The third-order valence-electron chi connectivity index (χ3n) is 3.57. The van der Waals surface area contributed by atoms with Gasteiger partial charge >= 0.3 is 0 Å². The van der Waals surface area contributed by atoms with E-state index in [1.54, 1.807) is 12.3 Å². The van der Waals surface area contributed by atoms with Crippen LogP contribution >= 0.6 is 0 Å². The molecule has 1 unspecified atom stereocenters. The van der Waals surface area contributed by atoms with Crippen molar-refractivity contribution in [3.8, 4) is 0 Å². The van der Waals surface area contributed by atoms with Gasteiger partial charge in [-0.1, -0.05) is 30.3 Å². The number of benzene rings is 1. The molecule has 1 aromatic heterocycles. The van der Waals surface area contributed by atoms with Gasteiger partial charge in [0.1, 0.15) is 5.82 Å². The number of rotatable bonds is 7. The molecule has 0 aliphatic heterocycles. The van der Waals surface area contributed by atoms with Crippen LogP contribution in [0.1, 0.15) is 24.1 Å². The van der Waals surface area contributed by atoms with Crippen LogP contribution in [0.5, 0.6) is 0 Å². The summed E-state index contributed by atoms with van der Waals surface area (Å²) in [6.07, 6.45) is 1.55. The van der Waals surface area contributed by atoms with Crippen molar-refractivity contribution in [2.45, 2.75) is 19.4 Å². The first-order chi connectivity index (χ1) is 11.7. The van der Waals surface area contributed by atoms with E-state index in [-0.39, 0.29) is 24.9 Å². The lowest BCUT2D eigenvalue weighted by molar-refractivity contribution is 0.265. The molecule has 1 aromatic carbocycles. The minimum Gasteiger partial charge on any atom is -0.396 e. The van der Waals surface area contributed by atoms with Gasteiger partial charge in [0.2, 0.25) is 0 Å². The summed E-state index contributed by atoms with van der Waals surface area (Å²) in [4.78, 5) is 8.35. The molecule has 3 N–H and O–H groups in total. The lowest BCUT2D eigenvalue weighted by Gasteiger charge is -2.18. The number of nitrogens with zero attached hydrogens (tertiary/aromatic N) is 2. The van der Waals surface area contributed by atoms with E-state index in [0.29, 0.717) is 24.7 Å². The summed E-state index contributed by atoms with van der Waals surface area (Å²) >= 11 is 0. The monoisotopic (exact) mass is 330 g/mol. The van der Waals surface area contributed by atoms with Gasteiger partial charge < -0.3 is 15.7 Å². The Bertz CT molecular complexity index is 648. The van der Waals surface area contributed by atoms with Crippen LogP contribution < -0.4 is 10.6 Å². The van der Waals surface area contributed by atoms with E-state index in [1.807, 2.05) is 37.3 Å². The van der Waals surface area contributed by atoms with Gasteiger partial charge in [-0.2, -0.15) is 0 Å². The van der Waals surface area contributed by atoms with Gasteiger partial charge in [0, 0.05) is 25.2 Å². The average molecular weight is 330 g/mol. The topological polar surface area (TPSA) is 69.5 Å². The highest BCUT2D eigenvalue weighted by atomic mass is 19.1. The molecule has 24 heavy (non-hydrogen) atoms. The fourth-order valence-corrected chi connectivity index (χ4v) is 2.26. The summed E-state index contributed by atoms with van der Waals surface area (Å²) in [7, 11) is 0. The number of hydrogen-bond acceptors (Lipinski definition) is 3. The lowest BCUT2D eigenvalue weighted by atomic mass is 10.0. The Morgan fingerprint density at radius 1 is 1.21 bits per heavy atom. The van der Waals surface area contributed by atoms with Crippen molar-refractivity contribution >= 4 is 5.96 Å². The Hall–Kier alpha value is -2.47. The number of halogens is 1. The molecular weight excluding hydrogens is 307 g/mol. The zero-order chi connectivity index (χ0) is 17.2. The molecule has 2 rings (SSSR count). The summed E-state index contributed by atoms with van der Waals surface area (Å²) in [5.74, 6) is 0.160. The van der Waals surface area contributed by atoms with Crippen molar-refractivity contribution in [2.75, 3.05) is 19.7 Å². The number of hydrogen-bond donors (Lipinski definition) is 3. The highest BCUT2D eigenvalue weighted by molar-refractivity contribution is 5.79. The first-order valence-electron chi connectivity index (χ1n) is 8.02. The summed E-state index contributed by atoms with van der Waals surface area (Å²) in [5, 5.41) is 15.9. The van der Waals surface area contributed by atoms with E-state index in [9.17, 15) is 9.50 Å². The quantitative estimate of drug-likeness (QED) is 0.537. The van der Waals surface area contributed by atoms with Crippen LogP contribution in [0, 0.1) is 5.82 Å². The molecule has 5 nitrogen and oxygen atoms in total. The molecule has 6 heteroatoms. The van der Waals surface area contributed by atoms with Crippen LogP contribution in [-0.4, -0.2) is 35.7 Å². The van der Waals surface area contributed by atoms with Crippen molar-refractivity contribution in [3.05, 3.63) is 65.7 Å². The third-order valence-corrected chi connectivity index (χ3v) is 3.57. The Morgan fingerprint density at radius 3 is 2.67 bits per heavy atom. The molecule has 1 atom stereocenters. The maximum absolute atomic E-state index is 13.6. The molecule has 0 spiro atoms. The van der Waals surface area contributed by atoms with E-state index in [0.717, 1.165) is 5.56 Å². The number of aliphatic hydroxyl groups is 1. The lowest BCUT2D eigenvalue weighted by Crippen LogP contribution is -2.40. The first-order valence-corrected chi connectivity index (χ1v) is 8.02. The zero-order valence-electron chi connectivity index (χ0n) is 13.7. The fraction of sp³-hybridized carbons (Fsp3) is 0.333. The highest BCUT2D eigenvalue weighted by Crippen LogP contribution is 2.13. The maximum atomic E-state index is 13.6. The van der Waals surface area contributed by atoms with E-state index in [2.05, 4.69) is 20.6 Å². The average Bonchev–Trinajstić information content (AvgIpc) is 2.62. The Kier molecular flexibility index (Phi) is 7.17. The van der Waals surface area contributed by atoms with Gasteiger partial charge in [0.15, 0.2) is 5.96 Å². The van der Waals surface area contributed by atoms with Gasteiger partial charge in [-0.3, -0.25) is 4.98 Å². The molecule has 0 saturated carbocycles. The molecule has 0 saturated heterocycles. The molecule has 2 aromatic rings. The smallest absolute Gasteiger partial charge is 0.191 e. The van der Waals surface area contributed by atoms with E-state index in [4.69, 9.17) is 0 Å². The number of aromatic nitrogens is 1. The summed E-state index contributed by atoms with van der Waals surface area (Å²) in [6.45, 7) is 3.35.